The van der Waals surface area contributed by atoms with E-state index in [0.29, 0.717) is 42.3 Å². The number of benzene rings is 1. The number of hydrogen-bond donors (Lipinski definition) is 1. The first-order valence-electron chi connectivity index (χ1n) is 7.65. The first kappa shape index (κ1) is 15.9. The molecule has 1 aromatic heterocycles. The van der Waals surface area contributed by atoms with Crippen LogP contribution in [0.1, 0.15) is 35.4 Å². The van der Waals surface area contributed by atoms with Gasteiger partial charge in [0.1, 0.15) is 5.58 Å². The minimum atomic E-state index is -0.778. The Morgan fingerprint density at radius 1 is 1.35 bits per heavy atom. The molecule has 0 atom stereocenters. The number of carbonyl (C=O) groups excluding carboxylic acids is 1. The van der Waals surface area contributed by atoms with Crippen LogP contribution in [-0.4, -0.2) is 35.0 Å². The second-order valence-electron chi connectivity index (χ2n) is 6.03. The fourth-order valence-corrected chi connectivity index (χ4v) is 3.30. The first-order valence-corrected chi connectivity index (χ1v) is 8.03. The number of hydrogen-bond acceptors (Lipinski definition) is 3. The summed E-state index contributed by atoms with van der Waals surface area (Å²) in [6, 6.07) is 5.30. The zero-order chi connectivity index (χ0) is 16.6. The molecule has 0 spiro atoms. The monoisotopic (exact) mass is 335 g/mol. The lowest BCUT2D eigenvalue weighted by Gasteiger charge is -2.30. The predicted octanol–water partition coefficient (Wildman–Crippen LogP) is 3.72. The van der Waals surface area contributed by atoms with Gasteiger partial charge >= 0.3 is 5.97 Å². The number of aryl methyl sites for hydroxylation is 1. The number of carboxylic acid groups (broad SMARTS) is 1. The SMILES string of the molecule is Cc1c(C(=O)N2CCC(CC(=O)O)CC2)oc2ccc(Cl)cc12. The van der Waals surface area contributed by atoms with Crippen molar-refractivity contribution in [2.24, 2.45) is 5.92 Å². The Morgan fingerprint density at radius 2 is 2.04 bits per heavy atom. The topological polar surface area (TPSA) is 70.8 Å². The van der Waals surface area contributed by atoms with Gasteiger partial charge in [0.15, 0.2) is 5.76 Å². The Balaban J connectivity index is 1.76. The van der Waals surface area contributed by atoms with Crippen LogP contribution in [0.15, 0.2) is 22.6 Å². The second kappa shape index (κ2) is 6.24. The third kappa shape index (κ3) is 3.20. The maximum atomic E-state index is 12.7. The minimum absolute atomic E-state index is 0.136. The third-order valence-electron chi connectivity index (χ3n) is 4.46. The molecule has 1 amide bonds. The number of rotatable bonds is 3. The number of piperidine rings is 1. The summed E-state index contributed by atoms with van der Waals surface area (Å²) in [5.41, 5.74) is 1.44. The van der Waals surface area contributed by atoms with Crippen LogP contribution in [0, 0.1) is 12.8 Å². The number of carbonyl (C=O) groups is 2. The van der Waals surface area contributed by atoms with Gasteiger partial charge in [0.25, 0.3) is 5.91 Å². The van der Waals surface area contributed by atoms with Gasteiger partial charge in [-0.15, -0.1) is 0 Å². The largest absolute Gasteiger partial charge is 0.481 e. The molecule has 1 fully saturated rings. The van der Waals surface area contributed by atoms with E-state index in [1.165, 1.54) is 0 Å². The van der Waals surface area contributed by atoms with E-state index in [0.717, 1.165) is 10.9 Å². The summed E-state index contributed by atoms with van der Waals surface area (Å²) in [6.45, 7) is 2.98. The van der Waals surface area contributed by atoms with E-state index in [1.807, 2.05) is 6.92 Å². The zero-order valence-electron chi connectivity index (χ0n) is 12.8. The highest BCUT2D eigenvalue weighted by molar-refractivity contribution is 6.31. The van der Waals surface area contributed by atoms with Gasteiger partial charge < -0.3 is 14.4 Å². The summed E-state index contributed by atoms with van der Waals surface area (Å²) in [7, 11) is 0. The highest BCUT2D eigenvalue weighted by atomic mass is 35.5. The molecule has 0 bridgehead atoms. The Morgan fingerprint density at radius 3 is 2.70 bits per heavy atom. The van der Waals surface area contributed by atoms with Crippen LogP contribution >= 0.6 is 11.6 Å². The molecule has 3 rings (SSSR count). The molecule has 5 nitrogen and oxygen atoms in total. The molecule has 122 valence electrons. The van der Waals surface area contributed by atoms with Crippen molar-refractivity contribution in [3.05, 3.63) is 34.5 Å². The molecule has 23 heavy (non-hydrogen) atoms. The first-order chi connectivity index (χ1) is 11.0. The second-order valence-corrected chi connectivity index (χ2v) is 6.47. The van der Waals surface area contributed by atoms with E-state index in [1.54, 1.807) is 23.1 Å². The maximum Gasteiger partial charge on any atom is 0.303 e. The number of fused-ring (bicyclic) bond motifs is 1. The van der Waals surface area contributed by atoms with Gasteiger partial charge in [0, 0.05) is 35.5 Å². The third-order valence-corrected chi connectivity index (χ3v) is 4.69. The van der Waals surface area contributed by atoms with Crippen LogP contribution in [0.25, 0.3) is 11.0 Å². The highest BCUT2D eigenvalue weighted by Gasteiger charge is 2.28. The average Bonchev–Trinajstić information content (AvgIpc) is 2.84. The van der Waals surface area contributed by atoms with Gasteiger partial charge in [0.2, 0.25) is 0 Å². The van der Waals surface area contributed by atoms with Crippen molar-refractivity contribution in [2.75, 3.05) is 13.1 Å². The standard InChI is InChI=1S/C17H18ClNO4/c1-10-13-9-12(18)2-3-14(13)23-16(10)17(22)19-6-4-11(5-7-19)8-15(20)21/h2-3,9,11H,4-8H2,1H3,(H,20,21). The normalized spacial score (nSPS) is 16.0. The Labute approximate surface area is 138 Å². The average molecular weight is 336 g/mol. The summed E-state index contributed by atoms with van der Waals surface area (Å²) in [4.78, 5) is 25.2. The molecule has 0 saturated carbocycles. The fraction of sp³-hybridized carbons (Fsp3) is 0.412. The van der Waals surface area contributed by atoms with E-state index in [-0.39, 0.29) is 18.2 Å². The summed E-state index contributed by atoms with van der Waals surface area (Å²) in [6.07, 6.45) is 1.59. The number of amides is 1. The van der Waals surface area contributed by atoms with Gasteiger partial charge in [-0.3, -0.25) is 9.59 Å². The van der Waals surface area contributed by atoms with Crippen molar-refractivity contribution in [2.45, 2.75) is 26.2 Å². The van der Waals surface area contributed by atoms with E-state index in [2.05, 4.69) is 0 Å². The molecule has 0 aliphatic carbocycles. The van der Waals surface area contributed by atoms with Crippen molar-refractivity contribution < 1.29 is 19.1 Å². The Kier molecular flexibility index (Phi) is 4.31. The van der Waals surface area contributed by atoms with Gasteiger partial charge in [-0.2, -0.15) is 0 Å². The molecule has 1 aromatic carbocycles. The number of carboxylic acids is 1. The van der Waals surface area contributed by atoms with Crippen LogP contribution in [0.4, 0.5) is 0 Å². The predicted molar refractivity (Wildman–Crippen MR) is 86.8 cm³/mol. The molecule has 0 radical (unpaired) electrons. The Hall–Kier alpha value is -2.01. The smallest absolute Gasteiger partial charge is 0.303 e. The van der Waals surface area contributed by atoms with Crippen molar-refractivity contribution >= 4 is 34.4 Å². The molecular weight excluding hydrogens is 318 g/mol. The summed E-state index contributed by atoms with van der Waals surface area (Å²) in [5, 5.41) is 10.3. The van der Waals surface area contributed by atoms with Crippen molar-refractivity contribution in [1.29, 1.82) is 0 Å². The molecule has 1 aliphatic rings. The van der Waals surface area contributed by atoms with Crippen LogP contribution in [0.2, 0.25) is 5.02 Å². The molecule has 6 heteroatoms. The van der Waals surface area contributed by atoms with Crippen molar-refractivity contribution in [1.82, 2.24) is 4.90 Å². The highest BCUT2D eigenvalue weighted by Crippen LogP contribution is 2.30. The van der Waals surface area contributed by atoms with Crippen LogP contribution < -0.4 is 0 Å². The van der Waals surface area contributed by atoms with Gasteiger partial charge in [-0.05, 0) is 43.9 Å². The lowest BCUT2D eigenvalue weighted by molar-refractivity contribution is -0.138. The summed E-state index contributed by atoms with van der Waals surface area (Å²) < 4.78 is 5.72. The van der Waals surface area contributed by atoms with Crippen LogP contribution in [0.3, 0.4) is 0 Å². The van der Waals surface area contributed by atoms with Gasteiger partial charge in [0.05, 0.1) is 0 Å². The summed E-state index contributed by atoms with van der Waals surface area (Å²) in [5.74, 6) is -0.422. The van der Waals surface area contributed by atoms with Crippen LogP contribution in [-0.2, 0) is 4.79 Å². The van der Waals surface area contributed by atoms with E-state index in [4.69, 9.17) is 21.1 Å². The fourth-order valence-electron chi connectivity index (χ4n) is 3.13. The number of likely N-dealkylation sites (tertiary alicyclic amines) is 1. The molecule has 2 heterocycles. The van der Waals surface area contributed by atoms with Crippen LogP contribution in [0.5, 0.6) is 0 Å². The van der Waals surface area contributed by atoms with E-state index >= 15 is 0 Å². The van der Waals surface area contributed by atoms with E-state index < -0.39 is 5.97 Å². The number of halogens is 1. The number of aliphatic carboxylic acids is 1. The minimum Gasteiger partial charge on any atom is -0.481 e. The van der Waals surface area contributed by atoms with Gasteiger partial charge in [-0.25, -0.2) is 0 Å². The molecule has 2 aromatic rings. The quantitative estimate of drug-likeness (QED) is 0.928. The zero-order valence-corrected chi connectivity index (χ0v) is 13.6. The molecular formula is C17H18ClNO4. The van der Waals surface area contributed by atoms with E-state index in [9.17, 15) is 9.59 Å². The van der Waals surface area contributed by atoms with Crippen molar-refractivity contribution in [3.63, 3.8) is 0 Å². The molecule has 1 aliphatic heterocycles. The lowest BCUT2D eigenvalue weighted by Crippen LogP contribution is -2.39. The molecule has 1 saturated heterocycles. The Bertz CT molecular complexity index is 759. The summed E-state index contributed by atoms with van der Waals surface area (Å²) >= 11 is 6.00. The molecule has 0 unspecified atom stereocenters. The number of furan rings is 1. The lowest BCUT2D eigenvalue weighted by atomic mass is 9.93. The van der Waals surface area contributed by atoms with Gasteiger partial charge in [-0.1, -0.05) is 11.6 Å². The molecule has 1 N–H and O–H groups in total. The van der Waals surface area contributed by atoms with Crippen molar-refractivity contribution in [3.8, 4) is 0 Å². The number of nitrogens with zero attached hydrogens (tertiary/aromatic N) is 1. The maximum absolute atomic E-state index is 12.7.